The van der Waals surface area contributed by atoms with Crippen LogP contribution in [0.15, 0.2) is 46.9 Å². The Kier molecular flexibility index (Phi) is 6.01. The van der Waals surface area contributed by atoms with E-state index in [9.17, 15) is 9.59 Å². The van der Waals surface area contributed by atoms with Crippen LogP contribution in [0.4, 0.5) is 11.4 Å². The molecule has 27 heavy (non-hydrogen) atoms. The molecule has 6 nitrogen and oxygen atoms in total. The summed E-state index contributed by atoms with van der Waals surface area (Å²) in [6, 6.07) is 12.7. The van der Waals surface area contributed by atoms with Gasteiger partial charge in [0, 0.05) is 30.4 Å². The van der Waals surface area contributed by atoms with E-state index in [1.807, 2.05) is 31.2 Å². The number of amides is 2. The number of carbonyl (C=O) groups is 2. The van der Waals surface area contributed by atoms with Crippen LogP contribution in [0.2, 0.25) is 0 Å². The number of benzene rings is 2. The molecule has 1 fully saturated rings. The van der Waals surface area contributed by atoms with Gasteiger partial charge in [-0.2, -0.15) is 0 Å². The number of methoxy groups -OCH3 is 1. The largest absolute Gasteiger partial charge is 0.495 e. The van der Waals surface area contributed by atoms with Gasteiger partial charge >= 0.3 is 0 Å². The Bertz CT molecular complexity index is 838. The maximum absolute atomic E-state index is 12.6. The Labute approximate surface area is 166 Å². The lowest BCUT2D eigenvalue weighted by molar-refractivity contribution is -0.122. The second-order valence-corrected chi connectivity index (χ2v) is 7.03. The predicted octanol–water partition coefficient (Wildman–Crippen LogP) is 3.85. The molecule has 1 saturated heterocycles. The molecule has 0 spiro atoms. The predicted molar refractivity (Wildman–Crippen MR) is 107 cm³/mol. The van der Waals surface area contributed by atoms with E-state index in [-0.39, 0.29) is 18.2 Å². The maximum atomic E-state index is 12.6. The molecule has 0 aromatic heterocycles. The zero-order chi connectivity index (χ0) is 19.4. The fraction of sp³-hybridized carbons (Fsp3) is 0.300. The van der Waals surface area contributed by atoms with Gasteiger partial charge in [-0.25, -0.2) is 0 Å². The van der Waals surface area contributed by atoms with Crippen LogP contribution in [0, 0.1) is 5.92 Å². The second-order valence-electron chi connectivity index (χ2n) is 6.17. The minimum Gasteiger partial charge on any atom is -0.495 e. The summed E-state index contributed by atoms with van der Waals surface area (Å²) in [5, 5.41) is 2.87. The van der Waals surface area contributed by atoms with E-state index in [2.05, 4.69) is 21.2 Å². The quantitative estimate of drug-likeness (QED) is 0.752. The third-order valence-electron chi connectivity index (χ3n) is 4.37. The summed E-state index contributed by atoms with van der Waals surface area (Å²) in [5.41, 5.74) is 1.40. The standard InChI is InChI=1S/C20H21BrN2O4/c1-3-27-16-7-5-15(6-8-16)23-12-13(10-19(23)24)20(25)22-14-4-9-17(21)18(11-14)26-2/h4-9,11,13H,3,10,12H2,1-2H3,(H,22,25)/t13-/m0/s1. The molecule has 1 heterocycles. The zero-order valence-corrected chi connectivity index (χ0v) is 16.8. The SMILES string of the molecule is CCOc1ccc(N2C[C@@H](C(=O)Nc3ccc(Br)c(OC)c3)CC2=O)cc1. The summed E-state index contributed by atoms with van der Waals surface area (Å²) in [6.45, 7) is 2.86. The first-order chi connectivity index (χ1) is 13.0. The first-order valence-corrected chi connectivity index (χ1v) is 9.48. The van der Waals surface area contributed by atoms with Crippen LogP contribution in [0.25, 0.3) is 0 Å². The lowest BCUT2D eigenvalue weighted by Crippen LogP contribution is -2.28. The van der Waals surface area contributed by atoms with E-state index >= 15 is 0 Å². The van der Waals surface area contributed by atoms with E-state index in [0.717, 1.165) is 15.9 Å². The minimum atomic E-state index is -0.404. The lowest BCUT2D eigenvalue weighted by Gasteiger charge is -2.17. The lowest BCUT2D eigenvalue weighted by atomic mass is 10.1. The van der Waals surface area contributed by atoms with Crippen molar-refractivity contribution in [1.29, 1.82) is 0 Å². The fourth-order valence-corrected chi connectivity index (χ4v) is 3.41. The average Bonchev–Trinajstić information content (AvgIpc) is 3.06. The second kappa shape index (κ2) is 8.43. The number of ether oxygens (including phenoxy) is 2. The van der Waals surface area contributed by atoms with Crippen molar-refractivity contribution >= 4 is 39.1 Å². The van der Waals surface area contributed by atoms with Gasteiger partial charge in [0.05, 0.1) is 24.1 Å². The van der Waals surface area contributed by atoms with Crippen LogP contribution in [0.5, 0.6) is 11.5 Å². The molecule has 1 atom stereocenters. The molecular weight excluding hydrogens is 412 g/mol. The van der Waals surface area contributed by atoms with Gasteiger partial charge in [-0.05, 0) is 59.3 Å². The summed E-state index contributed by atoms with van der Waals surface area (Å²) in [6.07, 6.45) is 0.187. The molecule has 0 unspecified atom stereocenters. The highest BCUT2D eigenvalue weighted by molar-refractivity contribution is 9.10. The van der Waals surface area contributed by atoms with E-state index < -0.39 is 5.92 Å². The van der Waals surface area contributed by atoms with Gasteiger partial charge in [-0.15, -0.1) is 0 Å². The highest BCUT2D eigenvalue weighted by atomic mass is 79.9. The molecule has 2 amide bonds. The number of nitrogens with one attached hydrogen (secondary N) is 1. The van der Waals surface area contributed by atoms with E-state index in [1.54, 1.807) is 30.2 Å². The number of anilines is 2. The van der Waals surface area contributed by atoms with Gasteiger partial charge in [-0.1, -0.05) is 0 Å². The van der Waals surface area contributed by atoms with Gasteiger partial charge in [0.15, 0.2) is 0 Å². The molecule has 1 N–H and O–H groups in total. The Morgan fingerprint density at radius 1 is 1.26 bits per heavy atom. The van der Waals surface area contributed by atoms with Crippen molar-refractivity contribution in [2.45, 2.75) is 13.3 Å². The Balaban J connectivity index is 1.66. The van der Waals surface area contributed by atoms with Gasteiger partial charge in [0.1, 0.15) is 11.5 Å². The van der Waals surface area contributed by atoms with Crippen molar-refractivity contribution in [2.24, 2.45) is 5.92 Å². The third kappa shape index (κ3) is 4.42. The van der Waals surface area contributed by atoms with Crippen molar-refractivity contribution < 1.29 is 19.1 Å². The molecule has 7 heteroatoms. The molecule has 0 saturated carbocycles. The molecule has 0 bridgehead atoms. The number of hydrogen-bond donors (Lipinski definition) is 1. The van der Waals surface area contributed by atoms with Gasteiger partial charge in [0.25, 0.3) is 0 Å². The number of nitrogens with zero attached hydrogens (tertiary/aromatic N) is 1. The van der Waals surface area contributed by atoms with E-state index in [0.29, 0.717) is 24.6 Å². The average molecular weight is 433 g/mol. The van der Waals surface area contributed by atoms with Gasteiger partial charge in [0.2, 0.25) is 11.8 Å². The van der Waals surface area contributed by atoms with Gasteiger partial charge in [-0.3, -0.25) is 9.59 Å². The van der Waals surface area contributed by atoms with Crippen molar-refractivity contribution in [1.82, 2.24) is 0 Å². The van der Waals surface area contributed by atoms with E-state index in [1.165, 1.54) is 0 Å². The molecule has 0 aliphatic carbocycles. The molecule has 3 rings (SSSR count). The van der Waals surface area contributed by atoms with Crippen LogP contribution in [-0.2, 0) is 9.59 Å². The molecule has 0 radical (unpaired) electrons. The smallest absolute Gasteiger partial charge is 0.229 e. The molecule has 2 aromatic carbocycles. The summed E-state index contributed by atoms with van der Waals surface area (Å²) >= 11 is 3.38. The summed E-state index contributed by atoms with van der Waals surface area (Å²) in [4.78, 5) is 26.6. The van der Waals surface area contributed by atoms with E-state index in [4.69, 9.17) is 9.47 Å². The first kappa shape index (κ1) is 19.2. The number of hydrogen-bond acceptors (Lipinski definition) is 4. The van der Waals surface area contributed by atoms with Crippen LogP contribution in [0.1, 0.15) is 13.3 Å². The Morgan fingerprint density at radius 2 is 2.00 bits per heavy atom. The fourth-order valence-electron chi connectivity index (χ4n) is 3.00. The summed E-state index contributed by atoms with van der Waals surface area (Å²) in [5.74, 6) is 0.741. The Morgan fingerprint density at radius 3 is 2.67 bits per heavy atom. The van der Waals surface area contributed by atoms with Crippen LogP contribution < -0.4 is 19.7 Å². The first-order valence-electron chi connectivity index (χ1n) is 8.69. The maximum Gasteiger partial charge on any atom is 0.229 e. The van der Waals surface area contributed by atoms with Crippen LogP contribution in [-0.4, -0.2) is 32.1 Å². The molecule has 142 valence electrons. The monoisotopic (exact) mass is 432 g/mol. The number of rotatable bonds is 6. The number of halogens is 1. The number of carbonyl (C=O) groups excluding carboxylic acids is 2. The molecular formula is C20H21BrN2O4. The molecule has 1 aliphatic rings. The van der Waals surface area contributed by atoms with Crippen molar-refractivity contribution in [3.63, 3.8) is 0 Å². The highest BCUT2D eigenvalue weighted by Gasteiger charge is 2.35. The topological polar surface area (TPSA) is 67.9 Å². The normalized spacial score (nSPS) is 16.3. The van der Waals surface area contributed by atoms with Crippen LogP contribution >= 0.6 is 15.9 Å². The highest BCUT2D eigenvalue weighted by Crippen LogP contribution is 2.30. The van der Waals surface area contributed by atoms with Gasteiger partial charge < -0.3 is 19.7 Å². The van der Waals surface area contributed by atoms with Crippen molar-refractivity contribution in [2.75, 3.05) is 30.5 Å². The molecule has 1 aliphatic heterocycles. The molecule has 2 aromatic rings. The summed E-state index contributed by atoms with van der Waals surface area (Å²) < 4.78 is 11.5. The van der Waals surface area contributed by atoms with Crippen molar-refractivity contribution in [3.05, 3.63) is 46.9 Å². The Hall–Kier alpha value is -2.54. The van der Waals surface area contributed by atoms with Crippen LogP contribution in [0.3, 0.4) is 0 Å². The minimum absolute atomic E-state index is 0.0623. The summed E-state index contributed by atoms with van der Waals surface area (Å²) in [7, 11) is 1.57. The van der Waals surface area contributed by atoms with Crippen molar-refractivity contribution in [3.8, 4) is 11.5 Å². The third-order valence-corrected chi connectivity index (χ3v) is 5.03. The zero-order valence-electron chi connectivity index (χ0n) is 15.2.